The molecule has 0 amide bonds. The highest BCUT2D eigenvalue weighted by atomic mass is 35.5. The third-order valence-electron chi connectivity index (χ3n) is 4.55. The van der Waals surface area contributed by atoms with Crippen molar-refractivity contribution < 1.29 is 9.13 Å². The number of imidazole rings is 1. The molecule has 5 aromatic rings. The van der Waals surface area contributed by atoms with Crippen molar-refractivity contribution in [2.45, 2.75) is 6.92 Å². The lowest BCUT2D eigenvalue weighted by molar-refractivity contribution is 0.440. The number of aromatic nitrogens is 5. The molecule has 0 spiro atoms. The highest BCUT2D eigenvalue weighted by Crippen LogP contribution is 2.36. The fraction of sp³-hybridized carbons (Fsp3) is 0.0476. The Morgan fingerprint density at radius 2 is 1.93 bits per heavy atom. The zero-order chi connectivity index (χ0) is 20.0. The van der Waals surface area contributed by atoms with Gasteiger partial charge in [-0.15, -0.1) is 0 Å². The highest BCUT2D eigenvalue weighted by Gasteiger charge is 2.15. The molecule has 0 atom stereocenters. The number of pyridine rings is 1. The molecule has 0 aliphatic rings. The Kier molecular flexibility index (Phi) is 4.10. The fourth-order valence-electron chi connectivity index (χ4n) is 3.18. The van der Waals surface area contributed by atoms with E-state index in [2.05, 4.69) is 24.9 Å². The van der Waals surface area contributed by atoms with E-state index >= 15 is 0 Å². The van der Waals surface area contributed by atoms with Crippen molar-refractivity contribution in [1.29, 1.82) is 0 Å². The van der Waals surface area contributed by atoms with Crippen molar-refractivity contribution in [3.8, 4) is 22.9 Å². The van der Waals surface area contributed by atoms with E-state index in [4.69, 9.17) is 16.3 Å². The molecule has 0 unspecified atom stereocenters. The third kappa shape index (κ3) is 3.15. The van der Waals surface area contributed by atoms with Crippen molar-refractivity contribution in [3.05, 3.63) is 71.7 Å². The fourth-order valence-corrected chi connectivity index (χ4v) is 3.45. The molecule has 0 saturated carbocycles. The Labute approximate surface area is 169 Å². The Morgan fingerprint density at radius 3 is 2.76 bits per heavy atom. The van der Waals surface area contributed by atoms with E-state index in [0.717, 1.165) is 22.1 Å². The number of halogens is 2. The van der Waals surface area contributed by atoms with E-state index in [9.17, 15) is 4.39 Å². The van der Waals surface area contributed by atoms with Crippen LogP contribution in [0, 0.1) is 12.7 Å². The molecule has 5 rings (SSSR count). The minimum absolute atomic E-state index is 0.220. The summed E-state index contributed by atoms with van der Waals surface area (Å²) in [6.07, 6.45) is 4.83. The summed E-state index contributed by atoms with van der Waals surface area (Å²) in [7, 11) is 0. The maximum absolute atomic E-state index is 14.8. The maximum atomic E-state index is 14.8. The van der Waals surface area contributed by atoms with Crippen molar-refractivity contribution in [1.82, 2.24) is 24.9 Å². The van der Waals surface area contributed by atoms with Gasteiger partial charge in [0.2, 0.25) is 0 Å². The van der Waals surface area contributed by atoms with Crippen LogP contribution in [0.4, 0.5) is 4.39 Å². The number of rotatable bonds is 3. The van der Waals surface area contributed by atoms with Gasteiger partial charge in [0, 0.05) is 40.5 Å². The van der Waals surface area contributed by atoms with Gasteiger partial charge in [0.15, 0.2) is 0 Å². The molecule has 0 bridgehead atoms. The maximum Gasteiger partial charge on any atom is 0.322 e. The van der Waals surface area contributed by atoms with Crippen LogP contribution in [0.25, 0.3) is 33.1 Å². The van der Waals surface area contributed by atoms with Gasteiger partial charge < -0.3 is 9.72 Å². The monoisotopic (exact) mass is 405 g/mol. The lowest BCUT2D eigenvalue weighted by Gasteiger charge is -2.10. The van der Waals surface area contributed by atoms with Crippen LogP contribution in [-0.4, -0.2) is 24.9 Å². The predicted octanol–water partition coefficient (Wildman–Crippen LogP) is 5.46. The Hall–Kier alpha value is -3.58. The van der Waals surface area contributed by atoms with E-state index in [0.29, 0.717) is 27.4 Å². The molecule has 3 heterocycles. The van der Waals surface area contributed by atoms with E-state index in [-0.39, 0.29) is 6.01 Å². The van der Waals surface area contributed by atoms with Crippen LogP contribution in [-0.2, 0) is 0 Å². The van der Waals surface area contributed by atoms with Gasteiger partial charge in [-0.25, -0.2) is 19.3 Å². The first-order valence-corrected chi connectivity index (χ1v) is 9.15. The number of aromatic amines is 1. The molecule has 1 N–H and O–H groups in total. The Morgan fingerprint density at radius 1 is 1.03 bits per heavy atom. The molecular weight excluding hydrogens is 393 g/mol. The molecule has 0 aliphatic heterocycles. The summed E-state index contributed by atoms with van der Waals surface area (Å²) in [6, 6.07) is 10.1. The number of nitrogens with zero attached hydrogens (tertiary/aromatic N) is 4. The summed E-state index contributed by atoms with van der Waals surface area (Å²) in [5.74, 6) is 0.0411. The molecule has 2 aromatic carbocycles. The van der Waals surface area contributed by atoms with Gasteiger partial charge >= 0.3 is 6.01 Å². The second kappa shape index (κ2) is 6.79. The molecule has 29 heavy (non-hydrogen) atoms. The van der Waals surface area contributed by atoms with Crippen molar-refractivity contribution in [3.63, 3.8) is 0 Å². The lowest BCUT2D eigenvalue weighted by Crippen LogP contribution is -1.94. The van der Waals surface area contributed by atoms with Crippen molar-refractivity contribution >= 4 is 33.5 Å². The van der Waals surface area contributed by atoms with E-state index in [1.54, 1.807) is 49.1 Å². The predicted molar refractivity (Wildman–Crippen MR) is 109 cm³/mol. The number of nitrogens with one attached hydrogen (secondary N) is 1. The average molecular weight is 406 g/mol. The van der Waals surface area contributed by atoms with Gasteiger partial charge in [-0.2, -0.15) is 0 Å². The van der Waals surface area contributed by atoms with E-state index < -0.39 is 5.82 Å². The lowest BCUT2D eigenvalue weighted by atomic mass is 10.0. The normalized spacial score (nSPS) is 11.3. The largest absolute Gasteiger partial charge is 0.424 e. The summed E-state index contributed by atoms with van der Waals surface area (Å²) in [6.45, 7) is 1.85. The van der Waals surface area contributed by atoms with Gasteiger partial charge in [0.05, 0.1) is 34.1 Å². The molecule has 142 valence electrons. The number of fused-ring (bicyclic) bond motifs is 3. The molecular formula is C21H13ClFN5O. The van der Waals surface area contributed by atoms with Crippen LogP contribution in [0.15, 0.2) is 55.1 Å². The molecule has 6 nitrogen and oxygen atoms in total. The van der Waals surface area contributed by atoms with Crippen LogP contribution in [0.1, 0.15) is 5.69 Å². The van der Waals surface area contributed by atoms with Crippen LogP contribution in [0.3, 0.4) is 0 Å². The standard InChI is InChI=1S/C21H13ClFN5O/c1-11-4-5-24-21(28-11)29-12-2-3-13(16(22)6-12)14-7-15-18(8-17(14)23)25-9-19-20(15)27-10-26-19/h2-10H,1H3,(H,26,27). The second-order valence-corrected chi connectivity index (χ2v) is 6.90. The second-order valence-electron chi connectivity index (χ2n) is 6.50. The van der Waals surface area contributed by atoms with Crippen molar-refractivity contribution in [2.24, 2.45) is 0 Å². The summed E-state index contributed by atoms with van der Waals surface area (Å²) >= 11 is 6.46. The zero-order valence-electron chi connectivity index (χ0n) is 15.1. The smallest absolute Gasteiger partial charge is 0.322 e. The van der Waals surface area contributed by atoms with E-state index in [1.165, 1.54) is 6.07 Å². The van der Waals surface area contributed by atoms with Crippen LogP contribution in [0.2, 0.25) is 5.02 Å². The first-order chi connectivity index (χ1) is 14.1. The molecule has 3 aromatic heterocycles. The van der Waals surface area contributed by atoms with Crippen LogP contribution < -0.4 is 4.74 Å². The SMILES string of the molecule is Cc1ccnc(Oc2ccc(-c3cc4c(cc3F)ncc3[nH]cnc34)c(Cl)c2)n1. The van der Waals surface area contributed by atoms with Gasteiger partial charge in [-0.1, -0.05) is 11.6 Å². The van der Waals surface area contributed by atoms with Crippen molar-refractivity contribution in [2.75, 3.05) is 0 Å². The first-order valence-electron chi connectivity index (χ1n) is 8.77. The average Bonchev–Trinajstić information content (AvgIpc) is 3.17. The zero-order valence-corrected chi connectivity index (χ0v) is 15.9. The van der Waals surface area contributed by atoms with Gasteiger partial charge in [-0.05, 0) is 31.2 Å². The summed E-state index contributed by atoms with van der Waals surface area (Å²) in [4.78, 5) is 19.9. The van der Waals surface area contributed by atoms with Crippen LogP contribution >= 0.6 is 11.6 Å². The molecule has 0 saturated heterocycles. The van der Waals surface area contributed by atoms with E-state index in [1.807, 2.05) is 6.92 Å². The molecule has 8 heteroatoms. The Bertz CT molecular complexity index is 1380. The third-order valence-corrected chi connectivity index (χ3v) is 4.87. The van der Waals surface area contributed by atoms with Gasteiger partial charge in [0.1, 0.15) is 11.6 Å². The van der Waals surface area contributed by atoms with Gasteiger partial charge in [0.25, 0.3) is 0 Å². The molecule has 0 radical (unpaired) electrons. The quantitative estimate of drug-likeness (QED) is 0.431. The number of ether oxygens (including phenoxy) is 1. The first kappa shape index (κ1) is 17.5. The number of benzene rings is 2. The minimum Gasteiger partial charge on any atom is -0.424 e. The van der Waals surface area contributed by atoms with Gasteiger partial charge in [-0.3, -0.25) is 4.98 Å². The molecule has 0 aliphatic carbocycles. The topological polar surface area (TPSA) is 76.6 Å². The number of aryl methyl sites for hydroxylation is 1. The summed E-state index contributed by atoms with van der Waals surface area (Å²) < 4.78 is 20.5. The summed E-state index contributed by atoms with van der Waals surface area (Å²) in [5, 5.41) is 1.08. The number of hydrogen-bond donors (Lipinski definition) is 1. The Balaban J connectivity index is 1.58. The highest BCUT2D eigenvalue weighted by molar-refractivity contribution is 6.33. The number of hydrogen-bond acceptors (Lipinski definition) is 5. The summed E-state index contributed by atoms with van der Waals surface area (Å²) in [5.41, 5.74) is 3.72. The van der Waals surface area contributed by atoms with Crippen LogP contribution in [0.5, 0.6) is 11.8 Å². The number of H-pyrrole nitrogens is 1. The molecule has 0 fully saturated rings. The minimum atomic E-state index is -0.419.